The summed E-state index contributed by atoms with van der Waals surface area (Å²) in [4.78, 5) is 16.3. The van der Waals surface area contributed by atoms with E-state index in [0.717, 1.165) is 29.2 Å². The Morgan fingerprint density at radius 2 is 1.47 bits per heavy atom. The highest BCUT2D eigenvalue weighted by Gasteiger charge is 2.60. The second-order valence-electron chi connectivity index (χ2n) is 10.2. The molecule has 1 heterocycles. The molecule has 5 rings (SSSR count). The van der Waals surface area contributed by atoms with Gasteiger partial charge in [0, 0.05) is 23.5 Å². The third-order valence-corrected chi connectivity index (χ3v) is 7.51. The van der Waals surface area contributed by atoms with Crippen LogP contribution < -0.4 is 0 Å². The third kappa shape index (κ3) is 2.66. The van der Waals surface area contributed by atoms with Crippen molar-refractivity contribution in [1.82, 2.24) is 0 Å². The monoisotopic (exact) mass is 486 g/mol. The van der Waals surface area contributed by atoms with Gasteiger partial charge in [-0.25, -0.2) is 24.5 Å². The van der Waals surface area contributed by atoms with Crippen LogP contribution >= 0.6 is 0 Å². The molecule has 36 heavy (non-hydrogen) atoms. The maximum Gasteiger partial charge on any atom is 0.343 e. The van der Waals surface area contributed by atoms with E-state index in [1.807, 2.05) is 39.8 Å². The largest absolute Gasteiger partial charge is 0.440 e. The van der Waals surface area contributed by atoms with E-state index in [9.17, 15) is 10.1 Å². The van der Waals surface area contributed by atoms with E-state index in [2.05, 4.69) is 4.85 Å². The molecule has 1 spiro atoms. The number of ether oxygens (including phenoxy) is 1. The van der Waals surface area contributed by atoms with Gasteiger partial charge in [0.1, 0.15) is 16.9 Å². The van der Waals surface area contributed by atoms with Crippen molar-refractivity contribution in [2.45, 2.75) is 51.2 Å². The van der Waals surface area contributed by atoms with E-state index in [1.165, 1.54) is 0 Å². The van der Waals surface area contributed by atoms with Crippen LogP contribution in [0.3, 0.4) is 0 Å². The fourth-order valence-electron chi connectivity index (χ4n) is 5.62. The number of nitrogens with zero attached hydrogens (tertiary/aromatic N) is 2. The lowest BCUT2D eigenvalue weighted by Crippen LogP contribution is -2.42. The number of carbonyl (C=O) groups is 1. The Balaban J connectivity index is 2.04. The minimum atomic E-state index is -2.36. The summed E-state index contributed by atoms with van der Waals surface area (Å²) in [6.07, 6.45) is 0. The summed E-state index contributed by atoms with van der Waals surface area (Å²) >= 11 is 0. The number of halogens is 3. The third-order valence-electron chi connectivity index (χ3n) is 7.51. The molecule has 7 heteroatoms. The SMILES string of the molecule is [C-]#[N+]C(C)(C#N)c1c(F)c(F)c2c(c1F)C1(OC2=O)c2ccc(C)cc2C(C)(C)c2cc(C)ccc21. The van der Waals surface area contributed by atoms with Crippen molar-refractivity contribution in [2.24, 2.45) is 0 Å². The first-order valence-corrected chi connectivity index (χ1v) is 11.3. The van der Waals surface area contributed by atoms with Crippen LogP contribution in [-0.2, 0) is 21.3 Å². The molecular weight excluding hydrogens is 465 g/mol. The molecule has 1 atom stereocenters. The molecule has 0 fully saturated rings. The van der Waals surface area contributed by atoms with Gasteiger partial charge in [-0.3, -0.25) is 4.85 Å². The first kappa shape index (κ1) is 23.6. The molecule has 0 aromatic heterocycles. The smallest absolute Gasteiger partial charge is 0.343 e. The van der Waals surface area contributed by atoms with Crippen molar-refractivity contribution >= 4 is 5.97 Å². The summed E-state index contributed by atoms with van der Waals surface area (Å²) in [6, 6.07) is 12.4. The van der Waals surface area contributed by atoms with Crippen LogP contribution in [0.2, 0.25) is 0 Å². The quantitative estimate of drug-likeness (QED) is 0.225. The van der Waals surface area contributed by atoms with Gasteiger partial charge in [0.15, 0.2) is 23.3 Å². The van der Waals surface area contributed by atoms with Crippen molar-refractivity contribution in [3.8, 4) is 6.07 Å². The van der Waals surface area contributed by atoms with E-state index in [-0.39, 0.29) is 0 Å². The maximum absolute atomic E-state index is 16.5. The highest BCUT2D eigenvalue weighted by atomic mass is 19.2. The Morgan fingerprint density at radius 1 is 0.944 bits per heavy atom. The summed E-state index contributed by atoms with van der Waals surface area (Å²) in [5.41, 5.74) is -3.19. The molecule has 180 valence electrons. The number of hydrogen-bond donors (Lipinski definition) is 0. The van der Waals surface area contributed by atoms with E-state index in [0.29, 0.717) is 11.1 Å². The van der Waals surface area contributed by atoms with Crippen molar-refractivity contribution in [3.05, 3.63) is 115 Å². The van der Waals surface area contributed by atoms with E-state index in [4.69, 9.17) is 11.3 Å². The van der Waals surface area contributed by atoms with Gasteiger partial charge in [-0.1, -0.05) is 61.4 Å². The Labute approximate surface area is 206 Å². The Bertz CT molecular complexity index is 1540. The molecule has 0 radical (unpaired) electrons. The van der Waals surface area contributed by atoms with E-state index < -0.39 is 56.7 Å². The van der Waals surface area contributed by atoms with Gasteiger partial charge < -0.3 is 4.74 Å². The fraction of sp³-hybridized carbons (Fsp3) is 0.276. The van der Waals surface area contributed by atoms with Crippen molar-refractivity contribution < 1.29 is 22.7 Å². The Hall–Kier alpha value is -4.10. The summed E-state index contributed by atoms with van der Waals surface area (Å²) in [5, 5.41) is 9.61. The summed E-state index contributed by atoms with van der Waals surface area (Å²) in [7, 11) is 0. The van der Waals surface area contributed by atoms with Gasteiger partial charge in [-0.05, 0) is 25.0 Å². The van der Waals surface area contributed by atoms with Crippen molar-refractivity contribution in [1.29, 1.82) is 5.26 Å². The topological polar surface area (TPSA) is 54.4 Å². The number of carbonyl (C=O) groups excluding carboxylic acids is 1. The van der Waals surface area contributed by atoms with Crippen molar-refractivity contribution in [2.75, 3.05) is 0 Å². The van der Waals surface area contributed by atoms with Crippen molar-refractivity contribution in [3.63, 3.8) is 0 Å². The van der Waals surface area contributed by atoms with Crippen LogP contribution in [0.1, 0.15) is 75.6 Å². The zero-order valence-corrected chi connectivity index (χ0v) is 20.3. The number of nitriles is 1. The molecule has 0 saturated heterocycles. The summed E-state index contributed by atoms with van der Waals surface area (Å²) in [6.45, 7) is 16.2. The normalized spacial score (nSPS) is 17.8. The highest BCUT2D eigenvalue weighted by Crippen LogP contribution is 2.58. The molecule has 0 N–H and O–H groups in total. The fourth-order valence-corrected chi connectivity index (χ4v) is 5.62. The number of fused-ring (bicyclic) bond motifs is 6. The molecule has 0 bridgehead atoms. The molecule has 1 unspecified atom stereocenters. The predicted molar refractivity (Wildman–Crippen MR) is 126 cm³/mol. The Kier molecular flexibility index (Phi) is 4.73. The van der Waals surface area contributed by atoms with Gasteiger partial charge in [0.05, 0.1) is 5.56 Å². The van der Waals surface area contributed by atoms with Crippen LogP contribution in [-0.4, -0.2) is 5.97 Å². The van der Waals surface area contributed by atoms with E-state index in [1.54, 1.807) is 30.3 Å². The molecule has 1 aliphatic carbocycles. The molecule has 0 amide bonds. The molecule has 4 nitrogen and oxygen atoms in total. The first-order chi connectivity index (χ1) is 16.8. The molecule has 1 aliphatic heterocycles. The number of rotatable bonds is 1. The van der Waals surface area contributed by atoms with Crippen LogP contribution in [0.15, 0.2) is 36.4 Å². The van der Waals surface area contributed by atoms with Crippen LogP contribution in [0.25, 0.3) is 4.85 Å². The van der Waals surface area contributed by atoms with Gasteiger partial charge in [-0.15, -0.1) is 0 Å². The lowest BCUT2D eigenvalue weighted by Gasteiger charge is -2.45. The maximum atomic E-state index is 16.5. The summed E-state index contributed by atoms with van der Waals surface area (Å²) < 4.78 is 53.1. The molecule has 0 saturated carbocycles. The average Bonchev–Trinajstić information content (AvgIpc) is 3.15. The number of hydrogen-bond acceptors (Lipinski definition) is 3. The van der Waals surface area contributed by atoms with Gasteiger partial charge in [-0.2, -0.15) is 5.26 Å². The Morgan fingerprint density at radius 3 is 1.94 bits per heavy atom. The highest BCUT2D eigenvalue weighted by molar-refractivity contribution is 5.97. The standard InChI is InChI=1S/C29H21F3N2O2/c1-14-7-9-16-18(11-14)27(3,4)19-12-15(2)8-10-17(19)29(16)21-20(26(35)36-29)23(30)25(32)22(24(21)31)28(5,13-33)34-6/h7-12H,1-5H3. The minimum absolute atomic E-state index is 0.416. The first-order valence-electron chi connectivity index (χ1n) is 11.3. The summed E-state index contributed by atoms with van der Waals surface area (Å²) in [5.74, 6) is -5.94. The van der Waals surface area contributed by atoms with Crippen LogP contribution in [0.5, 0.6) is 0 Å². The number of aryl methyl sites for hydroxylation is 2. The second kappa shape index (κ2) is 7.21. The average molecular weight is 486 g/mol. The lowest BCUT2D eigenvalue weighted by atomic mass is 9.61. The van der Waals surface area contributed by atoms with Crippen LogP contribution in [0.4, 0.5) is 13.2 Å². The van der Waals surface area contributed by atoms with E-state index >= 15 is 13.2 Å². The van der Waals surface area contributed by atoms with Gasteiger partial charge in [0.25, 0.3) is 0 Å². The second-order valence-corrected chi connectivity index (χ2v) is 10.2. The molecule has 3 aromatic carbocycles. The van der Waals surface area contributed by atoms with Gasteiger partial charge >= 0.3 is 11.5 Å². The minimum Gasteiger partial charge on any atom is -0.440 e. The predicted octanol–water partition coefficient (Wildman–Crippen LogP) is 6.48. The van der Waals surface area contributed by atoms with Crippen LogP contribution in [0, 0.1) is 49.2 Å². The van der Waals surface area contributed by atoms with Gasteiger partial charge in [0.2, 0.25) is 0 Å². The number of benzene rings is 3. The zero-order valence-electron chi connectivity index (χ0n) is 20.3. The lowest BCUT2D eigenvalue weighted by molar-refractivity contribution is 0.0223. The number of esters is 1. The molecule has 3 aromatic rings. The molecular formula is C29H21F3N2O2. The zero-order chi connectivity index (χ0) is 26.4. The molecule has 2 aliphatic rings.